The molecule has 0 unspecified atom stereocenters. The molecule has 6 heteroatoms. The fourth-order valence-corrected chi connectivity index (χ4v) is 5.45. The van der Waals surface area contributed by atoms with Gasteiger partial charge in [0.05, 0.1) is 12.0 Å². The van der Waals surface area contributed by atoms with Gasteiger partial charge in [0.1, 0.15) is 19.0 Å². The summed E-state index contributed by atoms with van der Waals surface area (Å²) in [4.78, 5) is 28.4. The average molecular weight is 658 g/mol. The molecule has 2 atom stereocenters. The van der Waals surface area contributed by atoms with Crippen LogP contribution >= 0.6 is 22.6 Å². The van der Waals surface area contributed by atoms with Gasteiger partial charge in [0.2, 0.25) is 5.91 Å². The Hall–Kier alpha value is -3.91. The van der Waals surface area contributed by atoms with Crippen LogP contribution < -0.4 is 4.74 Å². The summed E-state index contributed by atoms with van der Waals surface area (Å²) in [5.74, 6) is -0.256. The van der Waals surface area contributed by atoms with E-state index in [9.17, 15) is 9.59 Å². The van der Waals surface area contributed by atoms with Crippen molar-refractivity contribution in [2.75, 3.05) is 6.61 Å². The lowest BCUT2D eigenvalue weighted by atomic mass is 9.88. The Balaban J connectivity index is 1.51. The standard InChI is InChI=1S/C35H32INO4/c1-24(2)17-33(34(38)37-31(23-41-35(37)39)18-25-9-5-3-6-10-25)29-19-28(27-13-15-30(36)16-14-27)20-32(21-29)40-22-26-11-7-4-8-12-26/h3-16,19-21,31,33H,1,17-18,22-23H2,2H3/t31-,33-/m0/s1. The maximum absolute atomic E-state index is 14.2. The lowest BCUT2D eigenvalue weighted by molar-refractivity contribution is -0.130. The third-order valence-electron chi connectivity index (χ3n) is 7.12. The quantitative estimate of drug-likeness (QED) is 0.128. The van der Waals surface area contributed by atoms with Gasteiger partial charge in [-0.2, -0.15) is 0 Å². The number of halogens is 1. The van der Waals surface area contributed by atoms with Crippen molar-refractivity contribution in [2.45, 2.75) is 38.3 Å². The number of carbonyl (C=O) groups is 2. The second-order valence-corrected chi connectivity index (χ2v) is 11.7. The molecule has 41 heavy (non-hydrogen) atoms. The number of ether oxygens (including phenoxy) is 2. The molecule has 4 aromatic rings. The van der Waals surface area contributed by atoms with Gasteiger partial charge in [0, 0.05) is 3.57 Å². The summed E-state index contributed by atoms with van der Waals surface area (Å²) in [6, 6.07) is 33.6. The first-order valence-electron chi connectivity index (χ1n) is 13.6. The van der Waals surface area contributed by atoms with Gasteiger partial charge in [-0.25, -0.2) is 9.69 Å². The molecule has 0 saturated carbocycles. The number of allylic oxidation sites excluding steroid dienone is 1. The molecule has 1 fully saturated rings. The first-order valence-corrected chi connectivity index (χ1v) is 14.7. The van der Waals surface area contributed by atoms with Crippen LogP contribution in [0, 0.1) is 3.57 Å². The summed E-state index contributed by atoms with van der Waals surface area (Å²) in [6.07, 6.45) is 0.332. The normalized spacial score (nSPS) is 15.3. The SMILES string of the molecule is C=C(C)C[C@H](C(=O)N1C(=O)OC[C@@H]1Cc1ccccc1)c1cc(OCc2ccccc2)cc(-c2ccc(I)cc2)c1. The van der Waals surface area contributed by atoms with E-state index in [0.717, 1.165) is 37.0 Å². The number of amides is 2. The number of cyclic esters (lactones) is 1. The van der Waals surface area contributed by atoms with Crippen LogP contribution in [-0.4, -0.2) is 29.5 Å². The Labute approximate surface area is 254 Å². The van der Waals surface area contributed by atoms with Gasteiger partial charge in [0.15, 0.2) is 0 Å². The van der Waals surface area contributed by atoms with Crippen molar-refractivity contribution in [1.29, 1.82) is 0 Å². The van der Waals surface area contributed by atoms with Crippen molar-refractivity contribution in [1.82, 2.24) is 4.90 Å². The zero-order valence-corrected chi connectivity index (χ0v) is 25.1. The van der Waals surface area contributed by atoms with Gasteiger partial charge < -0.3 is 9.47 Å². The van der Waals surface area contributed by atoms with Crippen molar-refractivity contribution < 1.29 is 19.1 Å². The van der Waals surface area contributed by atoms with Crippen molar-refractivity contribution in [3.63, 3.8) is 0 Å². The van der Waals surface area contributed by atoms with Crippen LogP contribution in [0.15, 0.2) is 115 Å². The van der Waals surface area contributed by atoms with E-state index in [1.165, 1.54) is 4.90 Å². The molecule has 5 nitrogen and oxygen atoms in total. The molecule has 0 spiro atoms. The van der Waals surface area contributed by atoms with E-state index in [0.29, 0.717) is 25.2 Å². The number of rotatable bonds is 10. The minimum absolute atomic E-state index is 0.174. The first kappa shape index (κ1) is 28.6. The summed E-state index contributed by atoms with van der Waals surface area (Å²) in [6.45, 7) is 6.58. The number of carbonyl (C=O) groups excluding carboxylic acids is 2. The van der Waals surface area contributed by atoms with Crippen LogP contribution in [0.2, 0.25) is 0 Å². The van der Waals surface area contributed by atoms with Gasteiger partial charge in [-0.1, -0.05) is 84.4 Å². The maximum atomic E-state index is 14.2. The Morgan fingerprint density at radius 3 is 2.27 bits per heavy atom. The smallest absolute Gasteiger partial charge is 0.417 e. The van der Waals surface area contributed by atoms with Gasteiger partial charge in [-0.3, -0.25) is 4.79 Å². The molecule has 0 aromatic heterocycles. The van der Waals surface area contributed by atoms with Gasteiger partial charge in [-0.05, 0) is 94.4 Å². The number of imide groups is 1. The van der Waals surface area contributed by atoms with Crippen LogP contribution in [0.25, 0.3) is 11.1 Å². The van der Waals surface area contributed by atoms with E-state index in [1.807, 2.05) is 85.8 Å². The summed E-state index contributed by atoms with van der Waals surface area (Å²) in [7, 11) is 0. The third-order valence-corrected chi connectivity index (χ3v) is 7.84. The van der Waals surface area contributed by atoms with Crippen molar-refractivity contribution in [3.05, 3.63) is 136 Å². The van der Waals surface area contributed by atoms with E-state index in [4.69, 9.17) is 9.47 Å². The monoisotopic (exact) mass is 657 g/mol. The molecule has 0 N–H and O–H groups in total. The van der Waals surface area contributed by atoms with Crippen molar-refractivity contribution in [3.8, 4) is 16.9 Å². The zero-order valence-electron chi connectivity index (χ0n) is 23.0. The highest BCUT2D eigenvalue weighted by molar-refractivity contribution is 14.1. The van der Waals surface area contributed by atoms with E-state index >= 15 is 0 Å². The predicted molar refractivity (Wildman–Crippen MR) is 170 cm³/mol. The largest absolute Gasteiger partial charge is 0.489 e. The van der Waals surface area contributed by atoms with Crippen LogP contribution in [0.3, 0.4) is 0 Å². The van der Waals surface area contributed by atoms with E-state index in [2.05, 4.69) is 53.4 Å². The minimum Gasteiger partial charge on any atom is -0.489 e. The van der Waals surface area contributed by atoms with E-state index in [-0.39, 0.29) is 18.6 Å². The van der Waals surface area contributed by atoms with Gasteiger partial charge in [0.25, 0.3) is 0 Å². The first-order chi connectivity index (χ1) is 19.9. The average Bonchev–Trinajstić information content (AvgIpc) is 3.35. The zero-order chi connectivity index (χ0) is 28.8. The molecule has 0 bridgehead atoms. The van der Waals surface area contributed by atoms with E-state index in [1.54, 1.807) is 0 Å². The summed E-state index contributed by atoms with van der Waals surface area (Å²) < 4.78 is 12.8. The fourth-order valence-electron chi connectivity index (χ4n) is 5.09. The molecule has 0 aliphatic carbocycles. The predicted octanol–water partition coefficient (Wildman–Crippen LogP) is 8.18. The highest BCUT2D eigenvalue weighted by Crippen LogP contribution is 2.35. The highest BCUT2D eigenvalue weighted by Gasteiger charge is 2.41. The summed E-state index contributed by atoms with van der Waals surface area (Å²) in [5, 5.41) is 0. The minimum atomic E-state index is -0.626. The lowest BCUT2D eigenvalue weighted by Crippen LogP contribution is -2.43. The third kappa shape index (κ3) is 7.24. The summed E-state index contributed by atoms with van der Waals surface area (Å²) >= 11 is 2.29. The maximum Gasteiger partial charge on any atom is 0.417 e. The van der Waals surface area contributed by atoms with Gasteiger partial charge in [-0.15, -0.1) is 6.58 Å². The lowest BCUT2D eigenvalue weighted by Gasteiger charge is -2.26. The molecular formula is C35H32INO4. The Morgan fingerprint density at radius 2 is 1.61 bits per heavy atom. The Morgan fingerprint density at radius 1 is 0.951 bits per heavy atom. The number of benzene rings is 4. The molecule has 1 heterocycles. The fraction of sp³-hybridized carbons (Fsp3) is 0.200. The van der Waals surface area contributed by atoms with Crippen molar-refractivity contribution in [2.24, 2.45) is 0 Å². The molecule has 208 valence electrons. The van der Waals surface area contributed by atoms with Crippen LogP contribution in [-0.2, 0) is 22.6 Å². The topological polar surface area (TPSA) is 55.8 Å². The van der Waals surface area contributed by atoms with Crippen LogP contribution in [0.1, 0.15) is 36.0 Å². The second kappa shape index (κ2) is 13.2. The molecule has 5 rings (SSSR count). The van der Waals surface area contributed by atoms with Crippen LogP contribution in [0.4, 0.5) is 4.79 Å². The highest BCUT2D eigenvalue weighted by atomic mass is 127. The Bertz CT molecular complexity index is 1520. The van der Waals surface area contributed by atoms with Gasteiger partial charge >= 0.3 is 6.09 Å². The molecule has 1 saturated heterocycles. The molecular weight excluding hydrogens is 625 g/mol. The van der Waals surface area contributed by atoms with E-state index < -0.39 is 12.0 Å². The molecule has 0 radical (unpaired) electrons. The summed E-state index contributed by atoms with van der Waals surface area (Å²) in [5.41, 5.74) is 5.67. The molecule has 1 aliphatic heterocycles. The van der Waals surface area contributed by atoms with Crippen LogP contribution in [0.5, 0.6) is 5.75 Å². The molecule has 1 aliphatic rings. The molecule has 4 aromatic carbocycles. The number of hydrogen-bond donors (Lipinski definition) is 0. The number of nitrogens with zero attached hydrogens (tertiary/aromatic N) is 1. The Kier molecular flexibility index (Phi) is 9.19. The number of hydrogen-bond acceptors (Lipinski definition) is 4. The van der Waals surface area contributed by atoms with Crippen molar-refractivity contribution >= 4 is 34.6 Å². The second-order valence-electron chi connectivity index (χ2n) is 10.4. The molecule has 2 amide bonds.